The van der Waals surface area contributed by atoms with E-state index in [4.69, 9.17) is 10.5 Å². The van der Waals surface area contributed by atoms with Gasteiger partial charge in [0.05, 0.1) is 6.61 Å². The normalized spacial score (nSPS) is 25.1. The molecule has 0 aliphatic heterocycles. The van der Waals surface area contributed by atoms with Gasteiger partial charge in [-0.1, -0.05) is 13.8 Å². The summed E-state index contributed by atoms with van der Waals surface area (Å²) in [6, 6.07) is 1.42. The number of nitrogens with two attached hydrogens (primary N) is 1. The highest BCUT2D eigenvalue weighted by Gasteiger charge is 2.36. The van der Waals surface area contributed by atoms with Crippen LogP contribution in [0.3, 0.4) is 0 Å². The minimum Gasteiger partial charge on any atom is -0.383 e. The molecule has 1 rings (SSSR count). The molecule has 3 heteroatoms. The molecule has 2 N–H and O–H groups in total. The lowest BCUT2D eigenvalue weighted by Gasteiger charge is -2.47. The highest BCUT2D eigenvalue weighted by atomic mass is 16.5. The molecule has 0 aromatic carbocycles. The largest absolute Gasteiger partial charge is 0.383 e. The van der Waals surface area contributed by atoms with E-state index in [1.165, 1.54) is 25.7 Å². The van der Waals surface area contributed by atoms with Gasteiger partial charge in [0, 0.05) is 25.7 Å². The first-order chi connectivity index (χ1) is 7.78. The predicted octanol–water partition coefficient (Wildman–Crippen LogP) is 1.86. The molecule has 0 bridgehead atoms. The number of methoxy groups -OCH3 is 1. The van der Waals surface area contributed by atoms with E-state index >= 15 is 0 Å². The van der Waals surface area contributed by atoms with Gasteiger partial charge < -0.3 is 10.5 Å². The van der Waals surface area contributed by atoms with Gasteiger partial charge in [-0.2, -0.15) is 0 Å². The lowest BCUT2D eigenvalue weighted by atomic mass is 9.77. The van der Waals surface area contributed by atoms with E-state index in [1.807, 2.05) is 0 Å². The van der Waals surface area contributed by atoms with Gasteiger partial charge >= 0.3 is 0 Å². The average molecular weight is 228 g/mol. The van der Waals surface area contributed by atoms with Gasteiger partial charge in [0.15, 0.2) is 0 Å². The Balaban J connectivity index is 2.55. The Bertz CT molecular complexity index is 181. The summed E-state index contributed by atoms with van der Waals surface area (Å²) in [7, 11) is 1.78. The summed E-state index contributed by atoms with van der Waals surface area (Å²) in [6.07, 6.45) is 5.09. The molecule has 0 spiro atoms. The topological polar surface area (TPSA) is 38.5 Å². The van der Waals surface area contributed by atoms with E-state index in [9.17, 15) is 0 Å². The van der Waals surface area contributed by atoms with E-state index in [1.54, 1.807) is 7.11 Å². The molecule has 0 aromatic rings. The standard InChI is InChI=1S/C13H28N2O/c1-4-12(5-2)15(8-9-16-3)13-7-6-11(13)10-14/h11-13H,4-10,14H2,1-3H3. The molecule has 1 saturated carbocycles. The Morgan fingerprint density at radius 1 is 1.31 bits per heavy atom. The highest BCUT2D eigenvalue weighted by Crippen LogP contribution is 2.33. The quantitative estimate of drug-likeness (QED) is 0.689. The van der Waals surface area contributed by atoms with Crippen LogP contribution < -0.4 is 5.73 Å². The van der Waals surface area contributed by atoms with Crippen LogP contribution in [0.2, 0.25) is 0 Å². The van der Waals surface area contributed by atoms with Gasteiger partial charge in [-0.05, 0) is 38.1 Å². The Morgan fingerprint density at radius 2 is 2.00 bits per heavy atom. The number of nitrogens with zero attached hydrogens (tertiary/aromatic N) is 1. The Morgan fingerprint density at radius 3 is 2.38 bits per heavy atom. The third kappa shape index (κ3) is 3.19. The van der Waals surface area contributed by atoms with Crippen LogP contribution >= 0.6 is 0 Å². The summed E-state index contributed by atoms with van der Waals surface area (Å²) in [5.41, 5.74) is 5.82. The van der Waals surface area contributed by atoms with Crippen LogP contribution in [0.5, 0.6) is 0 Å². The van der Waals surface area contributed by atoms with Crippen molar-refractivity contribution >= 4 is 0 Å². The second-order valence-electron chi connectivity index (χ2n) is 4.84. The number of hydrogen-bond donors (Lipinski definition) is 1. The molecule has 0 saturated heterocycles. The third-order valence-corrected chi connectivity index (χ3v) is 4.07. The smallest absolute Gasteiger partial charge is 0.0589 e. The van der Waals surface area contributed by atoms with Crippen LogP contribution in [0, 0.1) is 5.92 Å². The molecule has 16 heavy (non-hydrogen) atoms. The molecule has 1 fully saturated rings. The first kappa shape index (κ1) is 13.9. The number of rotatable bonds is 8. The maximum Gasteiger partial charge on any atom is 0.0589 e. The minimum absolute atomic E-state index is 0.703. The van der Waals surface area contributed by atoms with Gasteiger partial charge in [0.25, 0.3) is 0 Å². The first-order valence-electron chi connectivity index (χ1n) is 6.73. The van der Waals surface area contributed by atoms with Gasteiger partial charge in [0.1, 0.15) is 0 Å². The Labute approximate surface area is 100 Å². The lowest BCUT2D eigenvalue weighted by molar-refractivity contribution is 0.00940. The van der Waals surface area contributed by atoms with Crippen molar-refractivity contribution in [1.29, 1.82) is 0 Å². The maximum atomic E-state index is 5.82. The molecule has 2 atom stereocenters. The monoisotopic (exact) mass is 228 g/mol. The summed E-state index contributed by atoms with van der Waals surface area (Å²) in [5, 5.41) is 0. The molecule has 0 heterocycles. The van der Waals surface area contributed by atoms with Crippen molar-refractivity contribution in [3.63, 3.8) is 0 Å². The van der Waals surface area contributed by atoms with E-state index in [2.05, 4.69) is 18.7 Å². The van der Waals surface area contributed by atoms with Crippen LogP contribution in [-0.2, 0) is 4.74 Å². The summed E-state index contributed by atoms with van der Waals surface area (Å²) < 4.78 is 5.23. The molecule has 3 nitrogen and oxygen atoms in total. The third-order valence-electron chi connectivity index (χ3n) is 4.07. The fourth-order valence-corrected chi connectivity index (χ4v) is 2.84. The SMILES string of the molecule is CCC(CC)N(CCOC)C1CCC1CN. The summed E-state index contributed by atoms with van der Waals surface area (Å²) in [4.78, 5) is 2.64. The highest BCUT2D eigenvalue weighted by molar-refractivity contribution is 4.91. The first-order valence-corrected chi connectivity index (χ1v) is 6.73. The van der Waals surface area contributed by atoms with Crippen LogP contribution in [0.4, 0.5) is 0 Å². The van der Waals surface area contributed by atoms with Gasteiger partial charge in [0.2, 0.25) is 0 Å². The van der Waals surface area contributed by atoms with Crippen LogP contribution in [-0.4, -0.2) is 43.8 Å². The molecular formula is C13H28N2O. The molecule has 1 aliphatic rings. The zero-order valence-electron chi connectivity index (χ0n) is 11.1. The van der Waals surface area contributed by atoms with E-state index in [0.717, 1.165) is 25.6 Å². The maximum absolute atomic E-state index is 5.82. The van der Waals surface area contributed by atoms with Crippen molar-refractivity contribution in [3.8, 4) is 0 Å². The molecule has 0 amide bonds. The van der Waals surface area contributed by atoms with Crippen molar-refractivity contribution in [2.75, 3.05) is 26.8 Å². The second kappa shape index (κ2) is 7.25. The van der Waals surface area contributed by atoms with Crippen LogP contribution in [0.15, 0.2) is 0 Å². The van der Waals surface area contributed by atoms with E-state index in [0.29, 0.717) is 12.1 Å². The second-order valence-corrected chi connectivity index (χ2v) is 4.84. The van der Waals surface area contributed by atoms with E-state index in [-0.39, 0.29) is 0 Å². The fraction of sp³-hybridized carbons (Fsp3) is 1.00. The van der Waals surface area contributed by atoms with Crippen molar-refractivity contribution in [3.05, 3.63) is 0 Å². The Kier molecular flexibility index (Phi) is 6.32. The predicted molar refractivity (Wildman–Crippen MR) is 68.5 cm³/mol. The molecule has 1 aliphatic carbocycles. The molecule has 0 radical (unpaired) electrons. The van der Waals surface area contributed by atoms with Crippen molar-refractivity contribution in [2.24, 2.45) is 11.7 Å². The van der Waals surface area contributed by atoms with E-state index < -0.39 is 0 Å². The van der Waals surface area contributed by atoms with Crippen LogP contribution in [0.25, 0.3) is 0 Å². The molecule has 0 aromatic heterocycles. The average Bonchev–Trinajstić information content (AvgIpc) is 2.26. The van der Waals surface area contributed by atoms with Gasteiger partial charge in [-0.25, -0.2) is 0 Å². The summed E-state index contributed by atoms with van der Waals surface area (Å²) >= 11 is 0. The Hall–Kier alpha value is -0.120. The molecule has 96 valence electrons. The lowest BCUT2D eigenvalue weighted by Crippen LogP contribution is -2.54. The summed E-state index contributed by atoms with van der Waals surface area (Å²) in [6.45, 7) is 7.30. The van der Waals surface area contributed by atoms with Crippen molar-refractivity contribution in [1.82, 2.24) is 4.90 Å². The fourth-order valence-electron chi connectivity index (χ4n) is 2.84. The molecular weight excluding hydrogens is 200 g/mol. The minimum atomic E-state index is 0.703. The summed E-state index contributed by atoms with van der Waals surface area (Å²) in [5.74, 6) is 0.720. The zero-order chi connectivity index (χ0) is 12.0. The number of hydrogen-bond acceptors (Lipinski definition) is 3. The van der Waals surface area contributed by atoms with Gasteiger partial charge in [-0.15, -0.1) is 0 Å². The zero-order valence-corrected chi connectivity index (χ0v) is 11.1. The van der Waals surface area contributed by atoms with Crippen LogP contribution in [0.1, 0.15) is 39.5 Å². The molecule has 2 unspecified atom stereocenters. The van der Waals surface area contributed by atoms with Gasteiger partial charge in [-0.3, -0.25) is 4.90 Å². The van der Waals surface area contributed by atoms with Crippen molar-refractivity contribution in [2.45, 2.75) is 51.6 Å². The number of ether oxygens (including phenoxy) is 1. The van der Waals surface area contributed by atoms with Crippen molar-refractivity contribution < 1.29 is 4.74 Å².